The van der Waals surface area contributed by atoms with E-state index >= 15 is 0 Å². The van der Waals surface area contributed by atoms with Crippen LogP contribution in [-0.4, -0.2) is 46.2 Å². The van der Waals surface area contributed by atoms with Crippen LogP contribution in [-0.2, 0) is 13.0 Å². The summed E-state index contributed by atoms with van der Waals surface area (Å²) < 4.78 is 1.85. The molecule has 0 spiro atoms. The maximum Gasteiger partial charge on any atom is 0.217 e. The number of pyridine rings is 1. The van der Waals surface area contributed by atoms with E-state index in [2.05, 4.69) is 54.7 Å². The van der Waals surface area contributed by atoms with E-state index in [1.807, 2.05) is 29.8 Å². The smallest absolute Gasteiger partial charge is 0.217 e. The van der Waals surface area contributed by atoms with Crippen LogP contribution in [0.2, 0.25) is 0 Å². The van der Waals surface area contributed by atoms with Crippen molar-refractivity contribution >= 4 is 5.78 Å². The van der Waals surface area contributed by atoms with E-state index in [-0.39, 0.29) is 5.78 Å². The van der Waals surface area contributed by atoms with Crippen molar-refractivity contribution in [2.75, 3.05) is 0 Å². The van der Waals surface area contributed by atoms with Crippen LogP contribution in [0.25, 0.3) is 22.5 Å². The number of carbonyl (C=O) groups is 1. The van der Waals surface area contributed by atoms with Crippen molar-refractivity contribution in [3.05, 3.63) is 59.9 Å². The number of aromatic amines is 1. The molecule has 0 amide bonds. The maximum atomic E-state index is 12.1. The summed E-state index contributed by atoms with van der Waals surface area (Å²) in [5, 5.41) is 18.6. The fourth-order valence-corrected chi connectivity index (χ4v) is 3.36. The quantitative estimate of drug-likeness (QED) is 0.415. The molecule has 0 aliphatic carbocycles. The number of hydrogen-bond donors (Lipinski definition) is 1. The summed E-state index contributed by atoms with van der Waals surface area (Å²) in [5.74, 6) is 1.73. The van der Waals surface area contributed by atoms with Crippen LogP contribution in [0.4, 0.5) is 0 Å². The number of aryl methyl sites for hydroxylation is 1. The molecule has 0 aliphatic rings. The Balaban J connectivity index is 1.59. The molecule has 0 atom stereocenters. The summed E-state index contributed by atoms with van der Waals surface area (Å²) in [5.41, 5.74) is 3.91. The first kappa shape index (κ1) is 20.5. The zero-order chi connectivity index (χ0) is 21.6. The van der Waals surface area contributed by atoms with Crippen molar-refractivity contribution < 1.29 is 4.79 Å². The first-order valence-electron chi connectivity index (χ1n) is 10.4. The average molecular weight is 416 g/mol. The fourth-order valence-electron chi connectivity index (χ4n) is 3.36. The van der Waals surface area contributed by atoms with Crippen LogP contribution < -0.4 is 0 Å². The van der Waals surface area contributed by atoms with Crippen molar-refractivity contribution in [2.24, 2.45) is 0 Å². The van der Waals surface area contributed by atoms with Crippen molar-refractivity contribution in [3.63, 3.8) is 0 Å². The molecule has 0 saturated carbocycles. The van der Waals surface area contributed by atoms with Crippen LogP contribution in [0.15, 0.2) is 42.7 Å². The normalized spacial score (nSPS) is 11.0. The lowest BCUT2D eigenvalue weighted by molar-refractivity contribution is 0.0978. The minimum absolute atomic E-state index is 0.0298. The molecule has 0 aliphatic heterocycles. The molecular weight excluding hydrogens is 392 g/mol. The molecule has 0 bridgehead atoms. The maximum absolute atomic E-state index is 12.1. The molecule has 31 heavy (non-hydrogen) atoms. The summed E-state index contributed by atoms with van der Waals surface area (Å²) in [4.78, 5) is 20.8. The molecule has 4 aromatic rings. The minimum Gasteiger partial charge on any atom is -0.291 e. The number of hydrogen-bond acceptors (Lipinski definition) is 7. The van der Waals surface area contributed by atoms with Crippen molar-refractivity contribution in [1.29, 1.82) is 0 Å². The van der Waals surface area contributed by atoms with Gasteiger partial charge in [-0.05, 0) is 34.0 Å². The van der Waals surface area contributed by atoms with E-state index in [1.165, 1.54) is 0 Å². The zero-order valence-corrected chi connectivity index (χ0v) is 17.6. The molecule has 9 nitrogen and oxygen atoms in total. The van der Waals surface area contributed by atoms with Crippen LogP contribution in [0.1, 0.15) is 55.1 Å². The molecule has 158 valence electrons. The highest BCUT2D eigenvalue weighted by Gasteiger charge is 2.15. The first-order valence-corrected chi connectivity index (χ1v) is 10.4. The lowest BCUT2D eigenvalue weighted by Gasteiger charge is -2.09. The number of nitrogens with zero attached hydrogens (tertiary/aromatic N) is 7. The predicted octanol–water partition coefficient (Wildman–Crippen LogP) is 3.50. The van der Waals surface area contributed by atoms with Gasteiger partial charge in [-0.1, -0.05) is 44.5 Å². The lowest BCUT2D eigenvalue weighted by atomic mass is 10.0. The summed E-state index contributed by atoms with van der Waals surface area (Å²) in [7, 11) is 0. The van der Waals surface area contributed by atoms with Gasteiger partial charge in [-0.2, -0.15) is 0 Å². The fraction of sp³-hybridized carbons (Fsp3) is 0.318. The molecule has 1 N–H and O–H groups in total. The van der Waals surface area contributed by atoms with Crippen molar-refractivity contribution in [3.8, 4) is 22.5 Å². The molecule has 0 saturated heterocycles. The molecule has 3 aromatic heterocycles. The van der Waals surface area contributed by atoms with E-state index in [0.717, 1.165) is 47.3 Å². The Labute approximate surface area is 180 Å². The molecule has 0 fully saturated rings. The largest absolute Gasteiger partial charge is 0.291 e. The van der Waals surface area contributed by atoms with Crippen molar-refractivity contribution in [2.45, 2.75) is 46.1 Å². The van der Waals surface area contributed by atoms with Gasteiger partial charge >= 0.3 is 0 Å². The van der Waals surface area contributed by atoms with Crippen LogP contribution in [0.5, 0.6) is 0 Å². The highest BCUT2D eigenvalue weighted by Crippen LogP contribution is 2.29. The van der Waals surface area contributed by atoms with Gasteiger partial charge in [0.2, 0.25) is 11.6 Å². The van der Waals surface area contributed by atoms with E-state index in [4.69, 9.17) is 0 Å². The summed E-state index contributed by atoms with van der Waals surface area (Å²) in [6, 6.07) is 10.1. The number of tetrazole rings is 1. The first-order chi connectivity index (χ1) is 15.2. The molecular formula is C22H24N8O. The third-order valence-electron chi connectivity index (χ3n) is 5.09. The third-order valence-corrected chi connectivity index (χ3v) is 5.09. The van der Waals surface area contributed by atoms with Crippen LogP contribution in [0, 0.1) is 0 Å². The van der Waals surface area contributed by atoms with Crippen molar-refractivity contribution in [1.82, 2.24) is 40.4 Å². The number of H-pyrrole nitrogens is 1. The standard InChI is InChI=1S/C22H24N8O/c1-3-5-6-20-24-22(19(31)4-2)27-30(20)14-15-7-9-16(10-8-15)18-13-23-12-11-17(18)21-25-28-29-26-21/h7-13H,3-6,14H2,1-2H3,(H,25,26,28,29). The number of nitrogens with one attached hydrogen (secondary N) is 1. The number of unbranched alkanes of at least 4 members (excludes halogenated alkanes) is 1. The Morgan fingerprint density at radius 2 is 1.94 bits per heavy atom. The zero-order valence-electron chi connectivity index (χ0n) is 17.6. The Hall–Kier alpha value is -3.75. The van der Waals surface area contributed by atoms with Gasteiger partial charge in [0.25, 0.3) is 0 Å². The predicted molar refractivity (Wildman–Crippen MR) is 115 cm³/mol. The van der Waals surface area contributed by atoms with E-state index in [1.54, 1.807) is 12.4 Å². The number of ketones is 1. The van der Waals surface area contributed by atoms with Gasteiger partial charge in [-0.25, -0.2) is 14.8 Å². The number of rotatable bonds is 9. The second-order valence-corrected chi connectivity index (χ2v) is 7.26. The van der Waals surface area contributed by atoms with Gasteiger partial charge in [-0.15, -0.1) is 10.2 Å². The SMILES string of the molecule is CCCCc1nc(C(=O)CC)nn1Cc1ccc(-c2cnccc2-c2nnn[nH]2)cc1. The van der Waals surface area contributed by atoms with E-state index < -0.39 is 0 Å². The number of Topliss-reactive ketones (excluding diaryl/α,β-unsaturated/α-hetero) is 1. The molecule has 4 rings (SSSR count). The second-order valence-electron chi connectivity index (χ2n) is 7.26. The number of benzene rings is 1. The third kappa shape index (κ3) is 4.55. The Morgan fingerprint density at radius 1 is 1.10 bits per heavy atom. The van der Waals surface area contributed by atoms with Gasteiger partial charge < -0.3 is 0 Å². The van der Waals surface area contributed by atoms with E-state index in [0.29, 0.717) is 24.6 Å². The topological polar surface area (TPSA) is 115 Å². The van der Waals surface area contributed by atoms with Gasteiger partial charge in [-0.3, -0.25) is 9.78 Å². The molecule has 0 radical (unpaired) electrons. The molecule has 1 aromatic carbocycles. The average Bonchev–Trinajstić information content (AvgIpc) is 3.48. The number of aromatic nitrogens is 8. The molecule has 3 heterocycles. The molecule has 0 unspecified atom stereocenters. The highest BCUT2D eigenvalue weighted by atomic mass is 16.1. The van der Waals surface area contributed by atoms with Gasteiger partial charge in [0, 0.05) is 36.4 Å². The Kier molecular flexibility index (Phi) is 6.21. The highest BCUT2D eigenvalue weighted by molar-refractivity contribution is 5.92. The number of carbonyl (C=O) groups excluding carboxylic acids is 1. The van der Waals surface area contributed by atoms with E-state index in [9.17, 15) is 4.79 Å². The molecule has 9 heteroatoms. The Bertz CT molecular complexity index is 1150. The van der Waals surface area contributed by atoms with Gasteiger partial charge in [0.05, 0.1) is 6.54 Å². The summed E-state index contributed by atoms with van der Waals surface area (Å²) in [6.45, 7) is 4.53. The second kappa shape index (κ2) is 9.38. The summed E-state index contributed by atoms with van der Waals surface area (Å²) >= 11 is 0. The monoisotopic (exact) mass is 416 g/mol. The van der Waals surface area contributed by atoms with Crippen LogP contribution in [0.3, 0.4) is 0 Å². The Morgan fingerprint density at radius 3 is 2.65 bits per heavy atom. The summed E-state index contributed by atoms with van der Waals surface area (Å²) in [6.07, 6.45) is 6.80. The minimum atomic E-state index is -0.0298. The lowest BCUT2D eigenvalue weighted by Crippen LogP contribution is -2.08. The van der Waals surface area contributed by atoms with Gasteiger partial charge in [0.15, 0.2) is 5.82 Å². The van der Waals surface area contributed by atoms with Crippen LogP contribution >= 0.6 is 0 Å². The van der Waals surface area contributed by atoms with Gasteiger partial charge in [0.1, 0.15) is 5.82 Å².